The van der Waals surface area contributed by atoms with Gasteiger partial charge in [-0.2, -0.15) is 0 Å². The summed E-state index contributed by atoms with van der Waals surface area (Å²) in [6.07, 6.45) is 0. The van der Waals surface area contributed by atoms with Crippen molar-refractivity contribution >= 4 is 38.9 Å². The zero-order valence-corrected chi connectivity index (χ0v) is 38.2. The van der Waals surface area contributed by atoms with Crippen LogP contribution in [-0.4, -0.2) is 4.57 Å². The first-order valence-electron chi connectivity index (χ1n) is 24.1. The topological polar surface area (TPSA) is 17.4 Å². The summed E-state index contributed by atoms with van der Waals surface area (Å²) >= 11 is 0. The van der Waals surface area contributed by atoms with E-state index in [1.54, 1.807) is 0 Å². The highest BCUT2D eigenvalue weighted by Gasteiger charge is 2.52. The highest BCUT2D eigenvalue weighted by Crippen LogP contribution is 2.64. The molecule has 1 aliphatic carbocycles. The van der Waals surface area contributed by atoms with Crippen LogP contribution in [0.3, 0.4) is 0 Å². The van der Waals surface area contributed by atoms with Crippen molar-refractivity contribution in [2.45, 2.75) is 5.41 Å². The Morgan fingerprint density at radius 1 is 0.329 bits per heavy atom. The minimum absolute atomic E-state index is 0.629. The molecule has 0 unspecified atom stereocenters. The fraction of sp³-hybridized carbons (Fsp3) is 0.0149. The van der Waals surface area contributed by atoms with Crippen LogP contribution in [0.1, 0.15) is 22.3 Å². The van der Waals surface area contributed by atoms with E-state index in [4.69, 9.17) is 4.74 Å². The van der Waals surface area contributed by atoms with Crippen molar-refractivity contribution in [1.82, 2.24) is 4.57 Å². The summed E-state index contributed by atoms with van der Waals surface area (Å²) in [6, 6.07) is 97.3. The van der Waals surface area contributed by atoms with Crippen molar-refractivity contribution in [1.29, 1.82) is 0 Å². The highest BCUT2D eigenvalue weighted by atomic mass is 16.5. The number of benzene rings is 11. The van der Waals surface area contributed by atoms with Gasteiger partial charge < -0.3 is 14.2 Å². The van der Waals surface area contributed by atoms with Crippen molar-refractivity contribution < 1.29 is 4.74 Å². The monoisotopic (exact) mass is 892 g/mol. The Morgan fingerprint density at radius 2 is 0.829 bits per heavy atom. The van der Waals surface area contributed by atoms with Gasteiger partial charge in [0.15, 0.2) is 0 Å². The van der Waals surface area contributed by atoms with Gasteiger partial charge >= 0.3 is 0 Å². The molecule has 0 radical (unpaired) electrons. The van der Waals surface area contributed by atoms with E-state index in [1.165, 1.54) is 60.8 Å². The van der Waals surface area contributed by atoms with Gasteiger partial charge in [-0.25, -0.2) is 0 Å². The molecule has 0 fully saturated rings. The second-order valence-electron chi connectivity index (χ2n) is 18.3. The summed E-state index contributed by atoms with van der Waals surface area (Å²) < 4.78 is 9.18. The number of nitrogens with zero attached hydrogens (tertiary/aromatic N) is 2. The Balaban J connectivity index is 1.08. The zero-order valence-electron chi connectivity index (χ0n) is 38.2. The third-order valence-corrected chi connectivity index (χ3v) is 14.7. The fourth-order valence-electron chi connectivity index (χ4n) is 11.9. The van der Waals surface area contributed by atoms with E-state index in [0.717, 1.165) is 62.0 Å². The van der Waals surface area contributed by atoms with Crippen LogP contribution in [-0.2, 0) is 5.41 Å². The van der Waals surface area contributed by atoms with Crippen molar-refractivity contribution in [2.75, 3.05) is 4.90 Å². The molecule has 70 heavy (non-hydrogen) atoms. The number of fused-ring (bicyclic) bond motifs is 12. The number of hydrogen-bond donors (Lipinski definition) is 0. The van der Waals surface area contributed by atoms with Gasteiger partial charge in [-0.15, -0.1) is 0 Å². The van der Waals surface area contributed by atoms with Crippen molar-refractivity contribution in [3.05, 3.63) is 289 Å². The highest BCUT2D eigenvalue weighted by molar-refractivity contribution is 6.11. The minimum Gasteiger partial charge on any atom is -0.457 e. The smallest absolute Gasteiger partial charge is 0.132 e. The summed E-state index contributed by atoms with van der Waals surface area (Å²) in [5.74, 6) is 1.76. The average Bonchev–Trinajstić information content (AvgIpc) is 3.92. The molecular weight excluding hydrogens is 849 g/mol. The van der Waals surface area contributed by atoms with Gasteiger partial charge in [0.1, 0.15) is 11.5 Å². The number of para-hydroxylation sites is 5. The quantitative estimate of drug-likeness (QED) is 0.159. The molecule has 0 saturated heterocycles. The number of aromatic nitrogens is 1. The number of anilines is 3. The molecule has 328 valence electrons. The third-order valence-electron chi connectivity index (χ3n) is 14.7. The SMILES string of the molecule is c1ccc(-c2ccccc2-c2ccccc2-c2ccccc2N(c2ccc3c4ccccc4n(-c4ccccc4)c3c2)c2cccc3c2-c2ccccc2C32c3ccccc3Oc3ccccc32)cc1. The van der Waals surface area contributed by atoms with Crippen LogP contribution in [0.4, 0.5) is 17.1 Å². The molecule has 12 aromatic rings. The predicted molar refractivity (Wildman–Crippen MR) is 289 cm³/mol. The van der Waals surface area contributed by atoms with Crippen LogP contribution >= 0.6 is 0 Å². The van der Waals surface area contributed by atoms with Crippen molar-refractivity contribution in [3.63, 3.8) is 0 Å². The van der Waals surface area contributed by atoms with Gasteiger partial charge in [0.05, 0.1) is 27.8 Å². The van der Waals surface area contributed by atoms with Crippen LogP contribution in [0, 0.1) is 0 Å². The van der Waals surface area contributed by atoms with Gasteiger partial charge in [0.25, 0.3) is 0 Å². The van der Waals surface area contributed by atoms with Crippen LogP contribution in [0.15, 0.2) is 267 Å². The first-order valence-corrected chi connectivity index (χ1v) is 24.1. The van der Waals surface area contributed by atoms with Crippen LogP contribution in [0.5, 0.6) is 11.5 Å². The van der Waals surface area contributed by atoms with E-state index in [9.17, 15) is 0 Å². The fourth-order valence-corrected chi connectivity index (χ4v) is 11.9. The number of hydrogen-bond acceptors (Lipinski definition) is 2. The lowest BCUT2D eigenvalue weighted by Crippen LogP contribution is -2.32. The van der Waals surface area contributed by atoms with E-state index in [2.05, 4.69) is 276 Å². The zero-order chi connectivity index (χ0) is 46.2. The van der Waals surface area contributed by atoms with Gasteiger partial charge in [0, 0.05) is 44.4 Å². The minimum atomic E-state index is -0.629. The Hall–Kier alpha value is -9.18. The average molecular weight is 893 g/mol. The number of rotatable bonds is 7. The molecule has 0 atom stereocenters. The Labute approximate surface area is 407 Å². The largest absolute Gasteiger partial charge is 0.457 e. The van der Waals surface area contributed by atoms with E-state index in [-0.39, 0.29) is 0 Å². The molecular formula is C67H44N2O. The molecule has 2 aliphatic rings. The third kappa shape index (κ3) is 5.88. The van der Waals surface area contributed by atoms with E-state index in [0.29, 0.717) is 0 Å². The number of ether oxygens (including phenoxy) is 1. The van der Waals surface area contributed by atoms with Gasteiger partial charge in [0.2, 0.25) is 0 Å². The van der Waals surface area contributed by atoms with Crippen LogP contribution in [0.25, 0.3) is 72.0 Å². The van der Waals surface area contributed by atoms with Crippen LogP contribution in [0.2, 0.25) is 0 Å². The molecule has 2 heterocycles. The Morgan fingerprint density at radius 3 is 1.56 bits per heavy atom. The first-order chi connectivity index (χ1) is 34.8. The molecule has 0 amide bonds. The predicted octanol–water partition coefficient (Wildman–Crippen LogP) is 17.7. The summed E-state index contributed by atoms with van der Waals surface area (Å²) in [5.41, 5.74) is 20.2. The lowest BCUT2D eigenvalue weighted by Gasteiger charge is -2.39. The second kappa shape index (κ2) is 16.0. The molecule has 3 nitrogen and oxygen atoms in total. The molecule has 1 aromatic heterocycles. The standard InChI is InChI=1S/C67H44N2O/c1-3-22-45(23-4-1)48-26-7-8-27-49(48)50-28-9-10-29-51(50)52-30-12-17-37-60(52)69(47-42-43-54-53-31-13-18-38-61(53)68(63(54)44-47)46-24-5-2-6-25-46)62-39-21-36-59-66(62)55-32-11-14-33-56(55)67(59)57-34-15-19-40-64(57)70-65-41-20-16-35-58(65)67/h1-44H. The maximum absolute atomic E-state index is 6.76. The van der Waals surface area contributed by atoms with Gasteiger partial charge in [-0.1, -0.05) is 212 Å². The van der Waals surface area contributed by atoms with E-state index >= 15 is 0 Å². The van der Waals surface area contributed by atoms with Gasteiger partial charge in [-0.05, 0) is 99.1 Å². The molecule has 3 heteroatoms. The maximum Gasteiger partial charge on any atom is 0.132 e. The molecule has 11 aromatic carbocycles. The summed E-state index contributed by atoms with van der Waals surface area (Å²) in [5, 5.41) is 2.43. The Bertz CT molecular complexity index is 3950. The van der Waals surface area contributed by atoms with E-state index < -0.39 is 5.41 Å². The normalized spacial score (nSPS) is 12.8. The Kier molecular flexibility index (Phi) is 9.11. The van der Waals surface area contributed by atoms with Gasteiger partial charge in [-0.3, -0.25) is 0 Å². The molecule has 0 bridgehead atoms. The molecule has 0 N–H and O–H groups in total. The lowest BCUT2D eigenvalue weighted by molar-refractivity contribution is 0.436. The summed E-state index contributed by atoms with van der Waals surface area (Å²) in [7, 11) is 0. The molecule has 1 aliphatic heterocycles. The van der Waals surface area contributed by atoms with Crippen LogP contribution < -0.4 is 9.64 Å². The maximum atomic E-state index is 6.76. The first kappa shape index (κ1) is 39.9. The molecule has 14 rings (SSSR count). The molecule has 0 saturated carbocycles. The summed E-state index contributed by atoms with van der Waals surface area (Å²) in [4.78, 5) is 2.54. The van der Waals surface area contributed by atoms with Crippen molar-refractivity contribution in [3.8, 4) is 61.7 Å². The second-order valence-corrected chi connectivity index (χ2v) is 18.3. The van der Waals surface area contributed by atoms with Crippen molar-refractivity contribution in [2.24, 2.45) is 0 Å². The molecule has 1 spiro atoms. The lowest BCUT2D eigenvalue weighted by atomic mass is 9.66. The van der Waals surface area contributed by atoms with E-state index in [1.807, 2.05) is 0 Å². The summed E-state index contributed by atoms with van der Waals surface area (Å²) in [6.45, 7) is 0.